The quantitative estimate of drug-likeness (QED) is 0.104. The molecule has 0 aliphatic heterocycles. The van der Waals surface area contributed by atoms with E-state index >= 15 is 0 Å². The van der Waals surface area contributed by atoms with Crippen LogP contribution < -0.4 is 69.7 Å². The fourth-order valence-corrected chi connectivity index (χ4v) is 5.33. The molecule has 14 nitrogen and oxygen atoms in total. The van der Waals surface area contributed by atoms with E-state index in [1.54, 1.807) is 13.8 Å². The Bertz CT molecular complexity index is 1780. The largest absolute Gasteiger partial charge is 1.00 e. The predicted octanol–water partition coefficient (Wildman–Crippen LogP) is -2.04. The molecule has 0 spiro atoms. The van der Waals surface area contributed by atoms with Crippen molar-refractivity contribution in [1.29, 1.82) is 0 Å². The number of hydrogen-bond donors (Lipinski definition) is 2. The molecule has 2 aromatic heterocycles. The fourth-order valence-electron chi connectivity index (χ4n) is 3.58. The summed E-state index contributed by atoms with van der Waals surface area (Å²) in [6, 6.07) is 7.64. The van der Waals surface area contributed by atoms with Gasteiger partial charge in [0.25, 0.3) is 0 Å². The van der Waals surface area contributed by atoms with Gasteiger partial charge in [0.05, 0.1) is 9.79 Å². The first-order valence-electron chi connectivity index (χ1n) is 12.0. The van der Waals surface area contributed by atoms with E-state index in [1.807, 2.05) is 0 Å². The zero-order valence-corrected chi connectivity index (χ0v) is 30.9. The molecule has 4 aromatic rings. The third-order valence-electron chi connectivity index (χ3n) is 5.46. The zero-order chi connectivity index (χ0) is 30.7. The summed E-state index contributed by atoms with van der Waals surface area (Å²) in [5.74, 6) is 0.853. The second-order valence-corrected chi connectivity index (χ2v) is 11.8. The Labute approximate surface area is 307 Å². The Balaban J connectivity index is 0.00000337. The first kappa shape index (κ1) is 38.4. The first-order valence-corrected chi connectivity index (χ1v) is 15.5. The molecule has 0 radical (unpaired) electrons. The molecule has 0 unspecified atom stereocenters. The van der Waals surface area contributed by atoms with Gasteiger partial charge in [0.15, 0.2) is 0 Å². The number of nitrogens with one attached hydrogen (secondary N) is 2. The molecule has 20 heteroatoms. The van der Waals surface area contributed by atoms with E-state index in [-0.39, 0.29) is 104 Å². The monoisotopic (exact) mass is 696 g/mol. The summed E-state index contributed by atoms with van der Waals surface area (Å²) in [5.41, 5.74) is 0.186. The van der Waals surface area contributed by atoms with Crippen molar-refractivity contribution in [2.75, 3.05) is 10.6 Å². The molecule has 0 saturated carbocycles. The smallest absolute Gasteiger partial charge is 0.744 e. The van der Waals surface area contributed by atoms with Crippen LogP contribution in [-0.2, 0) is 33.1 Å². The second-order valence-electron chi connectivity index (χ2n) is 8.39. The molecular weight excluding hydrogens is 677 g/mol. The maximum Gasteiger partial charge on any atom is 1.00 e. The standard InChI is InChI=1S/C24H22Cl2N8O6S2.2Na/c1-3-19-29-21(25)33-23(31-19)27-15-9-7-13(17(11-15)41(35,36)37)5-6-14-8-10-16(12-18(14)42(38,39)40)28-24-32-20(4-2)30-22(26)34-24;;/h5-12H,3-4H2,1-2H3,(H,35,36,37)(H,38,39,40)(H,27,29,31,33)(H,28,30,32,34);;/q;2*+1/p-2/b6-5+;;. The molecule has 0 atom stereocenters. The topological polar surface area (TPSA) is 216 Å². The third kappa shape index (κ3) is 10.4. The molecule has 0 amide bonds. The Hall–Kier alpha value is -1.80. The summed E-state index contributed by atoms with van der Waals surface area (Å²) in [7, 11) is -10.0. The van der Waals surface area contributed by atoms with Crippen LogP contribution in [0.4, 0.5) is 23.3 Å². The third-order valence-corrected chi connectivity index (χ3v) is 7.58. The van der Waals surface area contributed by atoms with Crippen molar-refractivity contribution in [3.05, 3.63) is 69.7 Å². The SMILES string of the molecule is CCc1nc(Cl)nc(Nc2ccc(/C=C/c3ccc(Nc4nc(Cl)nc(CC)n4)cc3S(=O)(=O)[O-])c(S(=O)(=O)[O-])c2)n1.[Na+].[Na+]. The minimum absolute atomic E-state index is 0. The van der Waals surface area contributed by atoms with Crippen molar-refractivity contribution in [1.82, 2.24) is 29.9 Å². The van der Waals surface area contributed by atoms with Crippen LogP contribution in [-0.4, -0.2) is 55.8 Å². The normalized spacial score (nSPS) is 11.5. The van der Waals surface area contributed by atoms with Gasteiger partial charge in [-0.3, -0.25) is 0 Å². The minimum Gasteiger partial charge on any atom is -0.744 e. The summed E-state index contributed by atoms with van der Waals surface area (Å²) in [5, 5.41) is 5.40. The van der Waals surface area contributed by atoms with E-state index < -0.39 is 30.0 Å². The molecular formula is C24H20Cl2N8Na2O6S2. The van der Waals surface area contributed by atoms with Gasteiger partial charge in [0, 0.05) is 24.2 Å². The van der Waals surface area contributed by atoms with Gasteiger partial charge in [0.1, 0.15) is 31.9 Å². The summed E-state index contributed by atoms with van der Waals surface area (Å²) in [4.78, 5) is 22.8. The van der Waals surface area contributed by atoms with Crippen molar-refractivity contribution in [3.8, 4) is 0 Å². The summed E-state index contributed by atoms with van der Waals surface area (Å²) in [6.07, 6.45) is 3.31. The number of benzene rings is 2. The van der Waals surface area contributed by atoms with Gasteiger partial charge < -0.3 is 19.7 Å². The van der Waals surface area contributed by atoms with E-state index in [9.17, 15) is 25.9 Å². The maximum absolute atomic E-state index is 12.1. The van der Waals surface area contributed by atoms with Crippen molar-refractivity contribution < 1.29 is 85.1 Å². The number of aryl methyl sites for hydroxylation is 2. The molecule has 0 bridgehead atoms. The molecule has 2 heterocycles. The molecule has 220 valence electrons. The van der Waals surface area contributed by atoms with E-state index in [0.29, 0.717) is 24.5 Å². The van der Waals surface area contributed by atoms with Gasteiger partial charge >= 0.3 is 59.1 Å². The summed E-state index contributed by atoms with van der Waals surface area (Å²) >= 11 is 11.8. The molecule has 0 fully saturated rings. The zero-order valence-electron chi connectivity index (χ0n) is 23.7. The molecule has 0 aliphatic rings. The van der Waals surface area contributed by atoms with Crippen LogP contribution in [0.1, 0.15) is 36.6 Å². The van der Waals surface area contributed by atoms with Gasteiger partial charge in [-0.05, 0) is 58.6 Å². The number of anilines is 4. The van der Waals surface area contributed by atoms with Gasteiger partial charge in [-0.1, -0.05) is 38.1 Å². The predicted molar refractivity (Wildman–Crippen MR) is 153 cm³/mol. The van der Waals surface area contributed by atoms with Gasteiger partial charge in [-0.2, -0.15) is 19.9 Å². The van der Waals surface area contributed by atoms with E-state index in [2.05, 4.69) is 40.5 Å². The number of rotatable bonds is 10. The first-order chi connectivity index (χ1) is 19.7. The summed E-state index contributed by atoms with van der Waals surface area (Å²) < 4.78 is 72.5. The van der Waals surface area contributed by atoms with Crippen LogP contribution in [0.25, 0.3) is 12.2 Å². The number of hydrogen-bond acceptors (Lipinski definition) is 14. The number of halogens is 2. The van der Waals surface area contributed by atoms with Crippen molar-refractivity contribution in [3.63, 3.8) is 0 Å². The van der Waals surface area contributed by atoms with Gasteiger partial charge in [-0.15, -0.1) is 0 Å². The van der Waals surface area contributed by atoms with Gasteiger partial charge in [-0.25, -0.2) is 26.8 Å². The Morgan fingerprint density at radius 1 is 0.659 bits per heavy atom. The van der Waals surface area contributed by atoms with Crippen molar-refractivity contribution in [2.24, 2.45) is 0 Å². The average molecular weight is 697 g/mol. The molecule has 0 aliphatic carbocycles. The van der Waals surface area contributed by atoms with Crippen molar-refractivity contribution >= 4 is 78.9 Å². The Morgan fingerprint density at radius 2 is 1.02 bits per heavy atom. The molecule has 44 heavy (non-hydrogen) atoms. The second kappa shape index (κ2) is 16.2. The van der Waals surface area contributed by atoms with Crippen LogP contribution in [0.3, 0.4) is 0 Å². The van der Waals surface area contributed by atoms with E-state index in [1.165, 1.54) is 36.4 Å². The van der Waals surface area contributed by atoms with Crippen LogP contribution >= 0.6 is 23.2 Å². The van der Waals surface area contributed by atoms with Crippen LogP contribution in [0.5, 0.6) is 0 Å². The van der Waals surface area contributed by atoms with Crippen LogP contribution in [0, 0.1) is 0 Å². The van der Waals surface area contributed by atoms with Crippen LogP contribution in [0.2, 0.25) is 10.6 Å². The van der Waals surface area contributed by atoms with Crippen molar-refractivity contribution in [2.45, 2.75) is 36.5 Å². The Kier molecular flexibility index (Phi) is 14.1. The molecule has 4 rings (SSSR count). The van der Waals surface area contributed by atoms with E-state index in [0.717, 1.165) is 12.1 Å². The minimum atomic E-state index is -5.00. The average Bonchev–Trinajstić information content (AvgIpc) is 2.91. The van der Waals surface area contributed by atoms with Gasteiger partial charge in [0.2, 0.25) is 22.5 Å². The van der Waals surface area contributed by atoms with Crippen LogP contribution in [0.15, 0.2) is 46.2 Å². The Morgan fingerprint density at radius 3 is 1.34 bits per heavy atom. The number of aromatic nitrogens is 6. The molecule has 0 saturated heterocycles. The number of nitrogens with zero attached hydrogens (tertiary/aromatic N) is 6. The molecule has 2 aromatic carbocycles. The molecule has 2 N–H and O–H groups in total. The maximum atomic E-state index is 12.1. The summed E-state index contributed by atoms with van der Waals surface area (Å²) in [6.45, 7) is 3.61. The van der Waals surface area contributed by atoms with E-state index in [4.69, 9.17) is 23.2 Å². The fraction of sp³-hybridized carbons (Fsp3) is 0.167.